The normalized spacial score (nSPS) is 18.9. The SMILES string of the molecule is CCNC(=NCC1CCN(c2ccccc2)C1)NC(C)COC.I. The number of methoxy groups -OCH3 is 1. The molecule has 1 aliphatic heterocycles. The van der Waals surface area contributed by atoms with Gasteiger partial charge in [0.1, 0.15) is 0 Å². The molecule has 24 heavy (non-hydrogen) atoms. The van der Waals surface area contributed by atoms with Gasteiger partial charge in [-0.25, -0.2) is 0 Å². The van der Waals surface area contributed by atoms with Gasteiger partial charge in [0, 0.05) is 45.0 Å². The zero-order valence-electron chi connectivity index (χ0n) is 15.0. The lowest BCUT2D eigenvalue weighted by Crippen LogP contribution is -2.44. The number of hydrogen-bond donors (Lipinski definition) is 2. The van der Waals surface area contributed by atoms with E-state index in [1.54, 1.807) is 7.11 Å². The fourth-order valence-electron chi connectivity index (χ4n) is 2.92. The average Bonchev–Trinajstić information content (AvgIpc) is 3.03. The van der Waals surface area contributed by atoms with Gasteiger partial charge in [-0.15, -0.1) is 24.0 Å². The van der Waals surface area contributed by atoms with E-state index in [2.05, 4.69) is 59.7 Å². The Balaban J connectivity index is 0.00000288. The number of ether oxygens (including phenoxy) is 1. The van der Waals surface area contributed by atoms with Crippen LogP contribution in [0.4, 0.5) is 5.69 Å². The molecule has 1 heterocycles. The van der Waals surface area contributed by atoms with Crippen molar-refractivity contribution in [1.82, 2.24) is 10.6 Å². The number of nitrogens with one attached hydrogen (secondary N) is 2. The first-order chi connectivity index (χ1) is 11.2. The summed E-state index contributed by atoms with van der Waals surface area (Å²) in [7, 11) is 1.72. The highest BCUT2D eigenvalue weighted by Crippen LogP contribution is 2.23. The lowest BCUT2D eigenvalue weighted by atomic mass is 10.1. The number of anilines is 1. The van der Waals surface area contributed by atoms with E-state index in [0.717, 1.165) is 32.1 Å². The Morgan fingerprint density at radius 1 is 1.38 bits per heavy atom. The van der Waals surface area contributed by atoms with Gasteiger partial charge in [-0.05, 0) is 38.3 Å². The first kappa shape index (κ1) is 21.0. The molecule has 1 aromatic rings. The highest BCUT2D eigenvalue weighted by atomic mass is 127. The molecule has 1 saturated heterocycles. The van der Waals surface area contributed by atoms with E-state index in [4.69, 9.17) is 9.73 Å². The van der Waals surface area contributed by atoms with E-state index in [-0.39, 0.29) is 30.0 Å². The Labute approximate surface area is 163 Å². The van der Waals surface area contributed by atoms with Crippen LogP contribution in [-0.4, -0.2) is 51.9 Å². The summed E-state index contributed by atoms with van der Waals surface area (Å²) in [6, 6.07) is 10.9. The van der Waals surface area contributed by atoms with Crippen LogP contribution in [0.3, 0.4) is 0 Å². The largest absolute Gasteiger partial charge is 0.383 e. The first-order valence-corrected chi connectivity index (χ1v) is 8.56. The van der Waals surface area contributed by atoms with Gasteiger partial charge in [-0.3, -0.25) is 4.99 Å². The van der Waals surface area contributed by atoms with Crippen molar-refractivity contribution < 1.29 is 4.74 Å². The molecule has 136 valence electrons. The maximum Gasteiger partial charge on any atom is 0.191 e. The summed E-state index contributed by atoms with van der Waals surface area (Å²) in [6.45, 7) is 8.79. The van der Waals surface area contributed by atoms with Crippen LogP contribution in [0.25, 0.3) is 0 Å². The Kier molecular flexibility index (Phi) is 10.1. The van der Waals surface area contributed by atoms with E-state index in [9.17, 15) is 0 Å². The molecule has 0 spiro atoms. The van der Waals surface area contributed by atoms with Crippen LogP contribution in [0.5, 0.6) is 0 Å². The number of para-hydroxylation sites is 1. The minimum atomic E-state index is 0. The Hall–Kier alpha value is -1.02. The Bertz CT molecular complexity index is 483. The maximum atomic E-state index is 5.17. The van der Waals surface area contributed by atoms with Crippen molar-refractivity contribution in [2.24, 2.45) is 10.9 Å². The molecule has 2 atom stereocenters. The smallest absolute Gasteiger partial charge is 0.191 e. The molecule has 6 heteroatoms. The predicted octanol–water partition coefficient (Wildman–Crippen LogP) is 2.72. The lowest BCUT2D eigenvalue weighted by Gasteiger charge is -2.19. The fourth-order valence-corrected chi connectivity index (χ4v) is 2.92. The standard InChI is InChI=1S/C18H30N4O.HI/c1-4-19-18(21-15(2)14-23-3)20-12-16-10-11-22(13-16)17-8-6-5-7-9-17;/h5-9,15-16H,4,10-14H2,1-3H3,(H2,19,20,21);1H. The molecule has 0 radical (unpaired) electrons. The molecule has 2 rings (SSSR count). The van der Waals surface area contributed by atoms with Crippen LogP contribution >= 0.6 is 24.0 Å². The molecule has 2 unspecified atom stereocenters. The Morgan fingerprint density at radius 2 is 2.12 bits per heavy atom. The molecule has 0 aliphatic carbocycles. The summed E-state index contributed by atoms with van der Waals surface area (Å²) in [6.07, 6.45) is 1.20. The molecule has 0 bridgehead atoms. The summed E-state index contributed by atoms with van der Waals surface area (Å²) < 4.78 is 5.17. The molecule has 2 N–H and O–H groups in total. The number of guanidine groups is 1. The minimum absolute atomic E-state index is 0. The van der Waals surface area contributed by atoms with Crippen LogP contribution in [0, 0.1) is 5.92 Å². The number of hydrogen-bond acceptors (Lipinski definition) is 3. The van der Waals surface area contributed by atoms with Crippen molar-refractivity contribution in [2.45, 2.75) is 26.3 Å². The van der Waals surface area contributed by atoms with E-state index in [1.807, 2.05) is 0 Å². The van der Waals surface area contributed by atoms with Gasteiger partial charge >= 0.3 is 0 Å². The number of rotatable bonds is 7. The first-order valence-electron chi connectivity index (χ1n) is 8.56. The monoisotopic (exact) mass is 446 g/mol. The van der Waals surface area contributed by atoms with Crippen molar-refractivity contribution in [3.63, 3.8) is 0 Å². The van der Waals surface area contributed by atoms with Crippen LogP contribution in [0.15, 0.2) is 35.3 Å². The molecule has 1 aromatic carbocycles. The third-order valence-electron chi connectivity index (χ3n) is 4.06. The van der Waals surface area contributed by atoms with Crippen LogP contribution in [0.1, 0.15) is 20.3 Å². The van der Waals surface area contributed by atoms with Crippen molar-refractivity contribution in [2.75, 3.05) is 44.8 Å². The second kappa shape index (κ2) is 11.5. The van der Waals surface area contributed by atoms with Gasteiger partial charge in [0.05, 0.1) is 6.61 Å². The van der Waals surface area contributed by atoms with Crippen LogP contribution in [0.2, 0.25) is 0 Å². The van der Waals surface area contributed by atoms with Gasteiger partial charge in [0.15, 0.2) is 5.96 Å². The lowest BCUT2D eigenvalue weighted by molar-refractivity contribution is 0.179. The third kappa shape index (κ3) is 6.84. The average molecular weight is 446 g/mol. The number of benzene rings is 1. The number of nitrogens with zero attached hydrogens (tertiary/aromatic N) is 2. The summed E-state index contributed by atoms with van der Waals surface area (Å²) >= 11 is 0. The molecule has 0 amide bonds. The highest BCUT2D eigenvalue weighted by molar-refractivity contribution is 14.0. The molecule has 1 fully saturated rings. The second-order valence-electron chi connectivity index (χ2n) is 6.16. The summed E-state index contributed by atoms with van der Waals surface area (Å²) in [5.41, 5.74) is 1.32. The van der Waals surface area contributed by atoms with Gasteiger partial charge in [0.25, 0.3) is 0 Å². The van der Waals surface area contributed by atoms with Gasteiger partial charge in [-0.2, -0.15) is 0 Å². The van der Waals surface area contributed by atoms with E-state index >= 15 is 0 Å². The predicted molar refractivity (Wildman–Crippen MR) is 113 cm³/mol. The van der Waals surface area contributed by atoms with Crippen molar-refractivity contribution in [3.8, 4) is 0 Å². The molecule has 1 aliphatic rings. The quantitative estimate of drug-likeness (QED) is 0.384. The summed E-state index contributed by atoms with van der Waals surface area (Å²) in [4.78, 5) is 7.21. The van der Waals surface area contributed by atoms with E-state index < -0.39 is 0 Å². The van der Waals surface area contributed by atoms with Gasteiger partial charge in [-0.1, -0.05) is 18.2 Å². The number of halogens is 1. The highest BCUT2D eigenvalue weighted by Gasteiger charge is 2.22. The second-order valence-corrected chi connectivity index (χ2v) is 6.16. The molecule has 0 aromatic heterocycles. The molecule has 0 saturated carbocycles. The van der Waals surface area contributed by atoms with Crippen molar-refractivity contribution in [3.05, 3.63) is 30.3 Å². The van der Waals surface area contributed by atoms with Crippen LogP contribution in [-0.2, 0) is 4.74 Å². The zero-order valence-corrected chi connectivity index (χ0v) is 17.3. The van der Waals surface area contributed by atoms with Gasteiger partial charge in [0.2, 0.25) is 0 Å². The number of aliphatic imine (C=N–C) groups is 1. The zero-order chi connectivity index (χ0) is 16.5. The topological polar surface area (TPSA) is 48.9 Å². The Morgan fingerprint density at radius 3 is 2.79 bits per heavy atom. The molecule has 5 nitrogen and oxygen atoms in total. The minimum Gasteiger partial charge on any atom is -0.383 e. The fraction of sp³-hybridized carbons (Fsp3) is 0.611. The van der Waals surface area contributed by atoms with Crippen LogP contribution < -0.4 is 15.5 Å². The van der Waals surface area contributed by atoms with E-state index in [0.29, 0.717) is 12.5 Å². The third-order valence-corrected chi connectivity index (χ3v) is 4.06. The molecular formula is C18H31IN4O. The summed E-state index contributed by atoms with van der Waals surface area (Å²) in [5, 5.41) is 6.69. The van der Waals surface area contributed by atoms with E-state index in [1.165, 1.54) is 12.1 Å². The molecular weight excluding hydrogens is 415 g/mol. The van der Waals surface area contributed by atoms with Gasteiger partial charge < -0.3 is 20.3 Å². The van der Waals surface area contributed by atoms with Crippen molar-refractivity contribution in [1.29, 1.82) is 0 Å². The van der Waals surface area contributed by atoms with Crippen molar-refractivity contribution >= 4 is 35.6 Å². The summed E-state index contributed by atoms with van der Waals surface area (Å²) in [5.74, 6) is 1.50. The maximum absolute atomic E-state index is 5.17.